The third-order valence-electron chi connectivity index (χ3n) is 2.02. The number of hydrogen-bond acceptors (Lipinski definition) is 2. The Labute approximate surface area is 95.2 Å². The van der Waals surface area contributed by atoms with Gasteiger partial charge in [-0.3, -0.25) is 0 Å². The second-order valence-electron chi connectivity index (χ2n) is 3.37. The van der Waals surface area contributed by atoms with E-state index in [1.807, 2.05) is 13.0 Å². The van der Waals surface area contributed by atoms with Crippen molar-refractivity contribution in [1.29, 1.82) is 5.26 Å². The normalized spacial score (nSPS) is 11.5. The fourth-order valence-corrected chi connectivity index (χ4v) is 1.48. The van der Waals surface area contributed by atoms with Gasteiger partial charge in [0.1, 0.15) is 6.07 Å². The lowest BCUT2D eigenvalue weighted by Crippen LogP contribution is -2.14. The van der Waals surface area contributed by atoms with Crippen molar-refractivity contribution < 1.29 is 0 Å². The van der Waals surface area contributed by atoms with Gasteiger partial charge in [0, 0.05) is 11.1 Å². The van der Waals surface area contributed by atoms with Gasteiger partial charge in [-0.15, -0.1) is 6.58 Å². The first-order valence-corrected chi connectivity index (χ1v) is 5.12. The second kappa shape index (κ2) is 5.43. The maximum Gasteiger partial charge on any atom is 0.101 e. The van der Waals surface area contributed by atoms with Gasteiger partial charge in [-0.05, 0) is 31.5 Å². The first kappa shape index (κ1) is 11.6. The van der Waals surface area contributed by atoms with Crippen LogP contribution in [0.25, 0.3) is 0 Å². The predicted molar refractivity (Wildman–Crippen MR) is 64.1 cm³/mol. The average Bonchev–Trinajstić information content (AvgIpc) is 2.18. The Bertz CT molecular complexity index is 393. The van der Waals surface area contributed by atoms with Crippen LogP contribution in [-0.4, -0.2) is 6.04 Å². The Morgan fingerprint density at radius 2 is 2.40 bits per heavy atom. The van der Waals surface area contributed by atoms with Crippen LogP contribution in [0.15, 0.2) is 30.9 Å². The summed E-state index contributed by atoms with van der Waals surface area (Å²) in [4.78, 5) is 0. The molecule has 15 heavy (non-hydrogen) atoms. The Morgan fingerprint density at radius 1 is 1.67 bits per heavy atom. The highest BCUT2D eigenvalue weighted by atomic mass is 35.5. The van der Waals surface area contributed by atoms with Crippen LogP contribution >= 0.6 is 11.6 Å². The van der Waals surface area contributed by atoms with E-state index in [2.05, 4.69) is 18.0 Å². The quantitative estimate of drug-likeness (QED) is 0.788. The molecule has 0 radical (unpaired) electrons. The molecule has 0 aliphatic rings. The monoisotopic (exact) mass is 220 g/mol. The van der Waals surface area contributed by atoms with Gasteiger partial charge >= 0.3 is 0 Å². The van der Waals surface area contributed by atoms with Crippen LogP contribution in [0.1, 0.15) is 18.9 Å². The number of halogens is 1. The fourth-order valence-electron chi connectivity index (χ4n) is 1.31. The summed E-state index contributed by atoms with van der Waals surface area (Å²) in [5.41, 5.74) is 1.38. The van der Waals surface area contributed by atoms with Gasteiger partial charge in [-0.25, -0.2) is 0 Å². The van der Waals surface area contributed by atoms with Crippen molar-refractivity contribution in [2.24, 2.45) is 0 Å². The second-order valence-corrected chi connectivity index (χ2v) is 3.81. The predicted octanol–water partition coefficient (Wildman–Crippen LogP) is 3.59. The molecule has 0 bridgehead atoms. The molecule has 1 atom stereocenters. The van der Waals surface area contributed by atoms with Gasteiger partial charge in [0.15, 0.2) is 0 Å². The van der Waals surface area contributed by atoms with Crippen LogP contribution in [0.4, 0.5) is 5.69 Å². The van der Waals surface area contributed by atoms with Gasteiger partial charge in [0.25, 0.3) is 0 Å². The average molecular weight is 221 g/mol. The zero-order chi connectivity index (χ0) is 11.3. The molecule has 0 heterocycles. The maximum absolute atomic E-state index is 8.90. The van der Waals surface area contributed by atoms with Gasteiger partial charge in [-0.1, -0.05) is 17.7 Å². The van der Waals surface area contributed by atoms with E-state index in [9.17, 15) is 0 Å². The van der Waals surface area contributed by atoms with Crippen molar-refractivity contribution in [3.63, 3.8) is 0 Å². The maximum atomic E-state index is 8.90. The summed E-state index contributed by atoms with van der Waals surface area (Å²) < 4.78 is 0. The lowest BCUT2D eigenvalue weighted by molar-refractivity contribution is 0.813. The third-order valence-corrected chi connectivity index (χ3v) is 2.26. The molecule has 1 N–H and O–H groups in total. The molecule has 0 fully saturated rings. The van der Waals surface area contributed by atoms with Crippen molar-refractivity contribution in [3.05, 3.63) is 41.4 Å². The number of nitrogens with one attached hydrogen (secondary N) is 1. The Morgan fingerprint density at radius 3 is 3.00 bits per heavy atom. The van der Waals surface area contributed by atoms with Crippen molar-refractivity contribution in [2.45, 2.75) is 19.4 Å². The number of benzene rings is 1. The Hall–Kier alpha value is -1.46. The first-order chi connectivity index (χ1) is 7.17. The minimum atomic E-state index is 0.244. The molecular formula is C12H13ClN2. The SMILES string of the molecule is C=CCC(C)Nc1cc(Cl)ccc1C#N. The van der Waals surface area contributed by atoms with Gasteiger partial charge < -0.3 is 5.32 Å². The van der Waals surface area contributed by atoms with Crippen molar-refractivity contribution in [1.82, 2.24) is 0 Å². The topological polar surface area (TPSA) is 35.8 Å². The van der Waals surface area contributed by atoms with Crippen molar-refractivity contribution in [3.8, 4) is 6.07 Å². The minimum absolute atomic E-state index is 0.244. The van der Waals surface area contributed by atoms with E-state index >= 15 is 0 Å². The van der Waals surface area contributed by atoms with Crippen LogP contribution in [0.5, 0.6) is 0 Å². The van der Waals surface area contributed by atoms with Gasteiger partial charge in [0.2, 0.25) is 0 Å². The van der Waals surface area contributed by atoms with Crippen LogP contribution < -0.4 is 5.32 Å². The minimum Gasteiger partial charge on any atom is -0.381 e. The van der Waals surface area contributed by atoms with Gasteiger partial charge in [0.05, 0.1) is 11.3 Å². The van der Waals surface area contributed by atoms with Crippen molar-refractivity contribution in [2.75, 3.05) is 5.32 Å². The van der Waals surface area contributed by atoms with Crippen LogP contribution in [0.3, 0.4) is 0 Å². The summed E-state index contributed by atoms with van der Waals surface area (Å²) in [7, 11) is 0. The largest absolute Gasteiger partial charge is 0.381 e. The highest BCUT2D eigenvalue weighted by Crippen LogP contribution is 2.21. The molecule has 0 aliphatic heterocycles. The van der Waals surface area contributed by atoms with E-state index in [1.54, 1.807) is 18.2 Å². The molecule has 0 saturated heterocycles. The molecule has 0 aromatic heterocycles. The zero-order valence-corrected chi connectivity index (χ0v) is 9.38. The standard InChI is InChI=1S/C12H13ClN2/c1-3-4-9(2)15-12-7-11(13)6-5-10(12)8-14/h3,5-7,9,15H,1,4H2,2H3. The van der Waals surface area contributed by atoms with E-state index in [1.165, 1.54) is 0 Å². The summed E-state index contributed by atoms with van der Waals surface area (Å²) in [6, 6.07) is 7.56. The molecule has 78 valence electrons. The number of anilines is 1. The smallest absolute Gasteiger partial charge is 0.101 e. The lowest BCUT2D eigenvalue weighted by atomic mass is 10.1. The number of nitriles is 1. The molecule has 0 aliphatic carbocycles. The summed E-state index contributed by atoms with van der Waals surface area (Å²) in [6.07, 6.45) is 2.69. The van der Waals surface area contributed by atoms with E-state index in [4.69, 9.17) is 16.9 Å². The van der Waals surface area contributed by atoms with Crippen LogP contribution in [-0.2, 0) is 0 Å². The van der Waals surface area contributed by atoms with E-state index in [0.717, 1.165) is 12.1 Å². The molecule has 0 saturated carbocycles. The number of hydrogen-bond donors (Lipinski definition) is 1. The Kier molecular flexibility index (Phi) is 4.20. The van der Waals surface area contributed by atoms with E-state index < -0.39 is 0 Å². The lowest BCUT2D eigenvalue weighted by Gasteiger charge is -2.14. The first-order valence-electron chi connectivity index (χ1n) is 4.74. The fraction of sp³-hybridized carbons (Fsp3) is 0.250. The molecule has 3 heteroatoms. The molecule has 2 nitrogen and oxygen atoms in total. The molecule has 0 spiro atoms. The molecule has 1 unspecified atom stereocenters. The Balaban J connectivity index is 2.88. The summed E-state index contributed by atoms with van der Waals surface area (Å²) in [5.74, 6) is 0. The van der Waals surface area contributed by atoms with Gasteiger partial charge in [-0.2, -0.15) is 5.26 Å². The molecular weight excluding hydrogens is 208 g/mol. The summed E-state index contributed by atoms with van der Waals surface area (Å²) in [6.45, 7) is 5.70. The zero-order valence-electron chi connectivity index (χ0n) is 8.63. The van der Waals surface area contributed by atoms with Crippen molar-refractivity contribution >= 4 is 17.3 Å². The molecule has 0 amide bonds. The third kappa shape index (κ3) is 3.30. The number of nitrogens with zero attached hydrogens (tertiary/aromatic N) is 1. The molecule has 1 aromatic rings. The highest BCUT2D eigenvalue weighted by Gasteiger charge is 2.05. The molecule has 1 rings (SSSR count). The highest BCUT2D eigenvalue weighted by molar-refractivity contribution is 6.30. The molecule has 1 aromatic carbocycles. The van der Waals surface area contributed by atoms with E-state index in [-0.39, 0.29) is 6.04 Å². The van der Waals surface area contributed by atoms with Crippen LogP contribution in [0.2, 0.25) is 5.02 Å². The summed E-state index contributed by atoms with van der Waals surface area (Å²) in [5, 5.41) is 12.8. The van der Waals surface area contributed by atoms with E-state index in [0.29, 0.717) is 10.6 Å². The van der Waals surface area contributed by atoms with Crippen LogP contribution in [0, 0.1) is 11.3 Å². The summed E-state index contributed by atoms with van der Waals surface area (Å²) >= 11 is 5.86. The number of rotatable bonds is 4.